The first-order valence-electron chi connectivity index (χ1n) is 5.98. The van der Waals surface area contributed by atoms with Gasteiger partial charge in [0, 0.05) is 30.2 Å². The lowest BCUT2D eigenvalue weighted by Gasteiger charge is -2.25. The van der Waals surface area contributed by atoms with Crippen LogP contribution in [0, 0.1) is 11.3 Å². The molecule has 5 nitrogen and oxygen atoms in total. The summed E-state index contributed by atoms with van der Waals surface area (Å²) in [5, 5.41) is 8.74. The van der Waals surface area contributed by atoms with Gasteiger partial charge in [0.1, 0.15) is 5.65 Å². The molecule has 0 radical (unpaired) electrons. The average molecular weight is 319 g/mol. The smallest absolute Gasteiger partial charge is 0.262 e. The van der Waals surface area contributed by atoms with Gasteiger partial charge in [-0.3, -0.25) is 14.1 Å². The Morgan fingerprint density at radius 2 is 2.37 bits per heavy atom. The van der Waals surface area contributed by atoms with Crippen LogP contribution in [-0.4, -0.2) is 27.4 Å². The summed E-state index contributed by atoms with van der Waals surface area (Å²) in [5.41, 5.74) is 2.20. The van der Waals surface area contributed by atoms with Gasteiger partial charge in [0.05, 0.1) is 23.9 Å². The number of fused-ring (bicyclic) bond motifs is 2. The monoisotopic (exact) mass is 318 g/mol. The van der Waals surface area contributed by atoms with Gasteiger partial charge in [0.25, 0.3) is 5.56 Å². The van der Waals surface area contributed by atoms with E-state index < -0.39 is 0 Å². The minimum atomic E-state index is -0.0323. The van der Waals surface area contributed by atoms with Gasteiger partial charge >= 0.3 is 0 Å². The second-order valence-corrected chi connectivity index (χ2v) is 5.45. The summed E-state index contributed by atoms with van der Waals surface area (Å²) in [6, 6.07) is 5.78. The SMILES string of the molecule is N#CCN1CCc2nc3cc(Br)ccn3c(=O)c2C1. The lowest BCUT2D eigenvalue weighted by atomic mass is 10.1. The van der Waals surface area contributed by atoms with E-state index in [0.29, 0.717) is 24.3 Å². The van der Waals surface area contributed by atoms with Gasteiger partial charge in [-0.1, -0.05) is 15.9 Å². The van der Waals surface area contributed by atoms with Crippen molar-refractivity contribution in [3.05, 3.63) is 44.4 Å². The molecule has 3 rings (SSSR count). The van der Waals surface area contributed by atoms with Crippen molar-refractivity contribution in [2.75, 3.05) is 13.1 Å². The molecule has 0 aromatic carbocycles. The van der Waals surface area contributed by atoms with Crippen LogP contribution in [0.2, 0.25) is 0 Å². The molecule has 0 spiro atoms. The van der Waals surface area contributed by atoms with Gasteiger partial charge in [-0.05, 0) is 12.1 Å². The fourth-order valence-electron chi connectivity index (χ4n) is 2.36. The maximum absolute atomic E-state index is 12.4. The zero-order valence-corrected chi connectivity index (χ0v) is 11.7. The van der Waals surface area contributed by atoms with Crippen LogP contribution in [-0.2, 0) is 13.0 Å². The van der Waals surface area contributed by atoms with Gasteiger partial charge < -0.3 is 0 Å². The van der Waals surface area contributed by atoms with Crippen LogP contribution in [0.1, 0.15) is 11.3 Å². The van der Waals surface area contributed by atoms with E-state index in [4.69, 9.17) is 5.26 Å². The molecule has 2 aromatic heterocycles. The van der Waals surface area contributed by atoms with Crippen molar-refractivity contribution in [1.29, 1.82) is 5.26 Å². The van der Waals surface area contributed by atoms with Gasteiger partial charge in [-0.15, -0.1) is 0 Å². The highest BCUT2D eigenvalue weighted by Crippen LogP contribution is 2.16. The second-order valence-electron chi connectivity index (χ2n) is 4.53. The Hall–Kier alpha value is -1.71. The van der Waals surface area contributed by atoms with Crippen LogP contribution in [0.3, 0.4) is 0 Å². The fraction of sp³-hybridized carbons (Fsp3) is 0.308. The Balaban J connectivity index is 2.16. The number of halogens is 1. The molecule has 0 N–H and O–H groups in total. The predicted molar refractivity (Wildman–Crippen MR) is 73.8 cm³/mol. The van der Waals surface area contributed by atoms with E-state index in [9.17, 15) is 4.79 Å². The first-order chi connectivity index (χ1) is 9.19. The van der Waals surface area contributed by atoms with Crippen LogP contribution < -0.4 is 5.56 Å². The van der Waals surface area contributed by atoms with Crippen LogP contribution in [0.15, 0.2) is 27.6 Å². The molecule has 0 aliphatic carbocycles. The van der Waals surface area contributed by atoms with Crippen LogP contribution in [0.25, 0.3) is 5.65 Å². The van der Waals surface area contributed by atoms with Gasteiger partial charge in [-0.25, -0.2) is 4.98 Å². The number of nitriles is 1. The second kappa shape index (κ2) is 4.76. The van der Waals surface area contributed by atoms with Gasteiger partial charge in [0.2, 0.25) is 0 Å². The molecule has 0 bridgehead atoms. The number of hydrogen-bond donors (Lipinski definition) is 0. The first kappa shape index (κ1) is 12.3. The van der Waals surface area contributed by atoms with Gasteiger partial charge in [-0.2, -0.15) is 5.26 Å². The van der Waals surface area contributed by atoms with E-state index in [2.05, 4.69) is 27.0 Å². The number of hydrogen-bond acceptors (Lipinski definition) is 4. The van der Waals surface area contributed by atoms with Crippen molar-refractivity contribution >= 4 is 21.6 Å². The van der Waals surface area contributed by atoms with Crippen LogP contribution in [0.4, 0.5) is 0 Å². The molecule has 0 fully saturated rings. The van der Waals surface area contributed by atoms with E-state index in [-0.39, 0.29) is 5.56 Å². The Kier molecular flexibility index (Phi) is 3.09. The molecule has 0 amide bonds. The molecule has 0 saturated carbocycles. The Bertz CT molecular complexity index is 747. The third-order valence-corrected chi connectivity index (χ3v) is 3.81. The van der Waals surface area contributed by atoms with Crippen molar-refractivity contribution in [3.8, 4) is 6.07 Å². The first-order valence-corrected chi connectivity index (χ1v) is 6.77. The lowest BCUT2D eigenvalue weighted by molar-refractivity contribution is 0.280. The summed E-state index contributed by atoms with van der Waals surface area (Å²) in [7, 11) is 0. The predicted octanol–water partition coefficient (Wildman–Crippen LogP) is 1.34. The maximum Gasteiger partial charge on any atom is 0.262 e. The standard InChI is InChI=1S/C13H11BrN4O/c14-9-1-5-18-12(7-9)16-11-2-4-17(6-3-15)8-10(11)13(18)19/h1,5,7H,2,4,6,8H2. The molecule has 1 aliphatic heterocycles. The van der Waals surface area contributed by atoms with Crippen LogP contribution in [0.5, 0.6) is 0 Å². The average Bonchev–Trinajstić information content (AvgIpc) is 2.40. The van der Waals surface area contributed by atoms with E-state index in [1.165, 1.54) is 0 Å². The minimum absolute atomic E-state index is 0.0323. The Morgan fingerprint density at radius 1 is 1.53 bits per heavy atom. The third kappa shape index (κ3) is 2.15. The quantitative estimate of drug-likeness (QED) is 0.744. The van der Waals surface area contributed by atoms with E-state index in [1.807, 2.05) is 17.0 Å². The molecule has 96 valence electrons. The molecule has 0 unspecified atom stereocenters. The number of aromatic nitrogens is 2. The van der Waals surface area contributed by atoms with E-state index in [1.54, 1.807) is 10.6 Å². The topological polar surface area (TPSA) is 61.4 Å². The largest absolute Gasteiger partial charge is 0.286 e. The highest BCUT2D eigenvalue weighted by Gasteiger charge is 2.21. The summed E-state index contributed by atoms with van der Waals surface area (Å²) >= 11 is 3.38. The molecule has 2 aromatic rings. The molecule has 6 heteroatoms. The lowest BCUT2D eigenvalue weighted by Crippen LogP contribution is -2.36. The van der Waals surface area contributed by atoms with E-state index >= 15 is 0 Å². The minimum Gasteiger partial charge on any atom is -0.286 e. The zero-order chi connectivity index (χ0) is 13.4. The summed E-state index contributed by atoms with van der Waals surface area (Å²) in [6.07, 6.45) is 2.44. The molecule has 3 heterocycles. The summed E-state index contributed by atoms with van der Waals surface area (Å²) in [4.78, 5) is 19.0. The molecular weight excluding hydrogens is 308 g/mol. The normalized spacial score (nSPS) is 15.2. The zero-order valence-electron chi connectivity index (χ0n) is 10.1. The van der Waals surface area contributed by atoms with Crippen molar-refractivity contribution in [3.63, 3.8) is 0 Å². The fourth-order valence-corrected chi connectivity index (χ4v) is 2.69. The Morgan fingerprint density at radius 3 is 3.16 bits per heavy atom. The maximum atomic E-state index is 12.4. The number of nitrogens with zero attached hydrogens (tertiary/aromatic N) is 4. The summed E-state index contributed by atoms with van der Waals surface area (Å²) in [5.74, 6) is 0. The summed E-state index contributed by atoms with van der Waals surface area (Å²) < 4.78 is 2.46. The van der Waals surface area contributed by atoms with Crippen molar-refractivity contribution in [1.82, 2.24) is 14.3 Å². The van der Waals surface area contributed by atoms with E-state index in [0.717, 1.165) is 23.1 Å². The van der Waals surface area contributed by atoms with Crippen molar-refractivity contribution in [2.45, 2.75) is 13.0 Å². The van der Waals surface area contributed by atoms with Crippen LogP contribution >= 0.6 is 15.9 Å². The van der Waals surface area contributed by atoms with Crippen molar-refractivity contribution in [2.24, 2.45) is 0 Å². The highest BCUT2D eigenvalue weighted by molar-refractivity contribution is 9.10. The Labute approximate surface area is 118 Å². The van der Waals surface area contributed by atoms with Crippen molar-refractivity contribution < 1.29 is 0 Å². The molecule has 0 atom stereocenters. The van der Waals surface area contributed by atoms with Gasteiger partial charge in [0.15, 0.2) is 0 Å². The summed E-state index contributed by atoms with van der Waals surface area (Å²) in [6.45, 7) is 1.63. The molecule has 19 heavy (non-hydrogen) atoms. The number of pyridine rings is 1. The molecule has 0 saturated heterocycles. The molecular formula is C13H11BrN4O. The highest BCUT2D eigenvalue weighted by atomic mass is 79.9. The third-order valence-electron chi connectivity index (χ3n) is 3.31. The molecule has 1 aliphatic rings. The number of rotatable bonds is 1.